The van der Waals surface area contributed by atoms with Crippen molar-refractivity contribution < 1.29 is 14.4 Å². The maximum absolute atomic E-state index is 13.8. The lowest BCUT2D eigenvalue weighted by molar-refractivity contribution is -0.126. The summed E-state index contributed by atoms with van der Waals surface area (Å²) in [6, 6.07) is 8.08. The highest BCUT2D eigenvalue weighted by atomic mass is 35.5. The van der Waals surface area contributed by atoms with E-state index in [0.717, 1.165) is 37.5 Å². The van der Waals surface area contributed by atoms with Crippen LogP contribution in [-0.2, 0) is 9.59 Å². The van der Waals surface area contributed by atoms with E-state index >= 15 is 0 Å². The standard InChI is InChI=1S/C29H35ClN4O3/c1-28(2)13-19(24(35)15-28)11-20(16-31)32-26(36)23-14-29(9-4-3-5-10-29)17-34(23)27(37)22-12-18-7-6-8-21(30)25(18)33-22/h6-8,12,19-20,23,33H,3-5,9-11,13-15,17H2,1-2H3,(H,32,36). The van der Waals surface area contributed by atoms with Crippen LogP contribution in [0.4, 0.5) is 0 Å². The second-order valence-corrected chi connectivity index (χ2v) is 12.6. The van der Waals surface area contributed by atoms with E-state index < -0.39 is 12.1 Å². The van der Waals surface area contributed by atoms with Gasteiger partial charge in [0.2, 0.25) is 5.91 Å². The van der Waals surface area contributed by atoms with Crippen LogP contribution in [0.5, 0.6) is 0 Å². The summed E-state index contributed by atoms with van der Waals surface area (Å²) in [4.78, 5) is 44.7. The third-order valence-electron chi connectivity index (χ3n) is 8.72. The Morgan fingerprint density at radius 3 is 2.65 bits per heavy atom. The first-order valence-electron chi connectivity index (χ1n) is 13.4. The molecule has 3 fully saturated rings. The molecule has 2 N–H and O–H groups in total. The molecule has 1 saturated heterocycles. The summed E-state index contributed by atoms with van der Waals surface area (Å²) < 4.78 is 0. The minimum atomic E-state index is -0.762. The van der Waals surface area contributed by atoms with Crippen LogP contribution in [0.2, 0.25) is 5.02 Å². The van der Waals surface area contributed by atoms with Crippen molar-refractivity contribution in [3.63, 3.8) is 0 Å². The van der Waals surface area contributed by atoms with Crippen molar-refractivity contribution >= 4 is 40.1 Å². The van der Waals surface area contributed by atoms with Gasteiger partial charge in [-0.25, -0.2) is 0 Å². The van der Waals surface area contributed by atoms with Crippen LogP contribution in [0.1, 0.15) is 82.1 Å². The number of carbonyl (C=O) groups excluding carboxylic acids is 3. The molecule has 2 heterocycles. The number of aromatic amines is 1. The number of amides is 2. The number of likely N-dealkylation sites (tertiary alicyclic amines) is 1. The summed E-state index contributed by atoms with van der Waals surface area (Å²) in [5.41, 5.74) is 0.960. The van der Waals surface area contributed by atoms with Gasteiger partial charge >= 0.3 is 0 Å². The Balaban J connectivity index is 1.37. The number of Topliss-reactive ketones (excluding diaryl/α,β-unsaturated/α-hetero) is 1. The number of nitrogens with one attached hydrogen (secondary N) is 2. The fraction of sp³-hybridized carbons (Fsp3) is 0.586. The summed E-state index contributed by atoms with van der Waals surface area (Å²) >= 11 is 6.33. The van der Waals surface area contributed by atoms with Gasteiger partial charge in [0.15, 0.2) is 0 Å². The lowest BCUT2D eigenvalue weighted by Gasteiger charge is -2.32. The lowest BCUT2D eigenvalue weighted by atomic mass is 9.72. The summed E-state index contributed by atoms with van der Waals surface area (Å²) in [5, 5.41) is 14.1. The van der Waals surface area contributed by atoms with Crippen molar-refractivity contribution in [3.05, 3.63) is 35.0 Å². The predicted octanol–water partition coefficient (Wildman–Crippen LogP) is 5.39. The van der Waals surface area contributed by atoms with Crippen molar-refractivity contribution in [2.75, 3.05) is 6.54 Å². The molecular formula is C29H35ClN4O3. The van der Waals surface area contributed by atoms with Gasteiger partial charge in [0.05, 0.1) is 16.6 Å². The van der Waals surface area contributed by atoms with Gasteiger partial charge in [-0.2, -0.15) is 5.26 Å². The third kappa shape index (κ3) is 5.13. The van der Waals surface area contributed by atoms with Crippen LogP contribution < -0.4 is 5.32 Å². The first kappa shape index (κ1) is 25.8. The Bertz CT molecular complexity index is 1270. The highest BCUT2D eigenvalue weighted by Gasteiger charge is 2.49. The average molecular weight is 523 g/mol. The number of para-hydroxylation sites is 1. The van der Waals surface area contributed by atoms with Gasteiger partial charge < -0.3 is 15.2 Å². The Kier molecular flexibility index (Phi) is 6.83. The number of hydrogen-bond acceptors (Lipinski definition) is 4. The minimum Gasteiger partial charge on any atom is -0.349 e. The Morgan fingerprint density at radius 1 is 1.24 bits per heavy atom. The van der Waals surface area contributed by atoms with E-state index in [1.807, 2.05) is 12.1 Å². The SMILES string of the molecule is CC1(C)CC(=O)C(CC(C#N)NC(=O)C2CC3(CCCCC3)CN2C(=O)c2cc3cccc(Cl)c3[nH]2)C1. The normalized spacial score (nSPS) is 25.4. The highest BCUT2D eigenvalue weighted by molar-refractivity contribution is 6.35. The van der Waals surface area contributed by atoms with Crippen LogP contribution in [0, 0.1) is 28.1 Å². The number of nitrogens with zero attached hydrogens (tertiary/aromatic N) is 2. The summed E-state index contributed by atoms with van der Waals surface area (Å²) in [7, 11) is 0. The Hall–Kier alpha value is -2.85. The van der Waals surface area contributed by atoms with Crippen LogP contribution in [0.25, 0.3) is 10.9 Å². The molecule has 7 nitrogen and oxygen atoms in total. The largest absolute Gasteiger partial charge is 0.349 e. The lowest BCUT2D eigenvalue weighted by Crippen LogP contribution is -2.49. The number of ketones is 1. The quantitative estimate of drug-likeness (QED) is 0.549. The number of nitriles is 1. The average Bonchev–Trinajstić information content (AvgIpc) is 3.52. The van der Waals surface area contributed by atoms with E-state index in [0.29, 0.717) is 42.0 Å². The van der Waals surface area contributed by atoms with E-state index in [2.05, 4.69) is 30.2 Å². The van der Waals surface area contributed by atoms with Crippen molar-refractivity contribution in [1.82, 2.24) is 15.2 Å². The molecule has 2 aromatic rings. The minimum absolute atomic E-state index is 0.0731. The molecular weight excluding hydrogens is 488 g/mol. The Morgan fingerprint density at radius 2 is 2.00 bits per heavy atom. The number of benzene rings is 1. The second kappa shape index (κ2) is 9.79. The fourth-order valence-corrected chi connectivity index (χ4v) is 7.17. The molecule has 8 heteroatoms. The maximum atomic E-state index is 13.8. The zero-order valence-corrected chi connectivity index (χ0v) is 22.4. The molecule has 0 bridgehead atoms. The first-order valence-corrected chi connectivity index (χ1v) is 13.8. The number of H-pyrrole nitrogens is 1. The van der Waals surface area contributed by atoms with Crippen molar-refractivity contribution in [2.45, 2.75) is 83.7 Å². The first-order chi connectivity index (χ1) is 17.6. The molecule has 3 aliphatic rings. The predicted molar refractivity (Wildman–Crippen MR) is 142 cm³/mol. The van der Waals surface area contributed by atoms with Crippen LogP contribution in [-0.4, -0.2) is 46.1 Å². The molecule has 3 atom stereocenters. The van der Waals surface area contributed by atoms with Gasteiger partial charge in [-0.15, -0.1) is 0 Å². The molecule has 196 valence electrons. The molecule has 37 heavy (non-hydrogen) atoms. The molecule has 0 radical (unpaired) electrons. The topological polar surface area (TPSA) is 106 Å². The molecule has 1 aromatic heterocycles. The number of carbonyl (C=O) groups is 3. The summed E-state index contributed by atoms with van der Waals surface area (Å²) in [5.74, 6) is -0.588. The van der Waals surface area contributed by atoms with Crippen LogP contribution >= 0.6 is 11.6 Å². The molecule has 1 aliphatic heterocycles. The van der Waals surface area contributed by atoms with Crippen molar-refractivity contribution in [2.24, 2.45) is 16.7 Å². The van der Waals surface area contributed by atoms with Crippen LogP contribution in [0.3, 0.4) is 0 Å². The van der Waals surface area contributed by atoms with E-state index in [9.17, 15) is 19.6 Å². The van der Waals surface area contributed by atoms with Crippen LogP contribution in [0.15, 0.2) is 24.3 Å². The van der Waals surface area contributed by atoms with Gasteiger partial charge in [0.1, 0.15) is 23.6 Å². The molecule has 1 aromatic carbocycles. The summed E-state index contributed by atoms with van der Waals surface area (Å²) in [6.45, 7) is 4.65. The molecule has 3 unspecified atom stereocenters. The molecule has 2 saturated carbocycles. The molecule has 2 amide bonds. The number of halogens is 1. The summed E-state index contributed by atoms with van der Waals surface area (Å²) in [6.07, 6.45) is 7.49. The maximum Gasteiger partial charge on any atom is 0.271 e. The Labute approximate surface area is 222 Å². The van der Waals surface area contributed by atoms with E-state index in [-0.39, 0.29) is 34.3 Å². The smallest absolute Gasteiger partial charge is 0.271 e. The molecule has 1 spiro atoms. The fourth-order valence-electron chi connectivity index (χ4n) is 6.94. The van der Waals surface area contributed by atoms with Gasteiger partial charge in [-0.1, -0.05) is 56.8 Å². The third-order valence-corrected chi connectivity index (χ3v) is 9.04. The van der Waals surface area contributed by atoms with E-state index in [4.69, 9.17) is 11.6 Å². The zero-order valence-electron chi connectivity index (χ0n) is 21.6. The number of aromatic nitrogens is 1. The van der Waals surface area contributed by atoms with Gasteiger partial charge in [-0.3, -0.25) is 14.4 Å². The van der Waals surface area contributed by atoms with E-state index in [1.165, 1.54) is 6.42 Å². The molecule has 5 rings (SSSR count). The number of hydrogen-bond donors (Lipinski definition) is 2. The van der Waals surface area contributed by atoms with E-state index in [1.54, 1.807) is 17.0 Å². The highest BCUT2D eigenvalue weighted by Crippen LogP contribution is 2.47. The zero-order chi connectivity index (χ0) is 26.4. The van der Waals surface area contributed by atoms with Crippen molar-refractivity contribution in [3.8, 4) is 6.07 Å². The van der Waals surface area contributed by atoms with Gasteiger partial charge in [0.25, 0.3) is 5.91 Å². The van der Waals surface area contributed by atoms with Crippen molar-refractivity contribution in [1.29, 1.82) is 5.26 Å². The van der Waals surface area contributed by atoms with Gasteiger partial charge in [-0.05, 0) is 55.1 Å². The molecule has 2 aliphatic carbocycles. The second-order valence-electron chi connectivity index (χ2n) is 12.2. The number of rotatable bonds is 5. The van der Waals surface area contributed by atoms with Gasteiger partial charge in [0, 0.05) is 24.3 Å². The number of fused-ring (bicyclic) bond motifs is 1. The monoisotopic (exact) mass is 522 g/mol.